The molecule has 0 fully saturated rings. The van der Waals surface area contributed by atoms with Crippen LogP contribution in [0.2, 0.25) is 0 Å². The molecular weight excluding hydrogens is 536 g/mol. The first-order valence-electron chi connectivity index (χ1n) is 12.2. The van der Waals surface area contributed by atoms with E-state index in [1.807, 2.05) is 0 Å². The Morgan fingerprint density at radius 3 is 2.29 bits per heavy atom. The normalized spacial score (nSPS) is 22.9. The molecule has 0 amide bonds. The summed E-state index contributed by atoms with van der Waals surface area (Å²) in [6, 6.07) is 6.61. The van der Waals surface area contributed by atoms with E-state index in [0.717, 1.165) is 11.1 Å². The second-order valence-corrected chi connectivity index (χ2v) is 11.5. The highest BCUT2D eigenvalue weighted by molar-refractivity contribution is 8.76. The molecule has 1 heterocycles. The molecule has 6 N–H and O–H groups in total. The van der Waals surface area contributed by atoms with Crippen molar-refractivity contribution >= 4 is 21.6 Å². The van der Waals surface area contributed by atoms with Gasteiger partial charge in [0.25, 0.3) is 0 Å². The van der Waals surface area contributed by atoms with E-state index in [1.54, 1.807) is 18.2 Å². The van der Waals surface area contributed by atoms with E-state index in [9.17, 15) is 30.6 Å². The zero-order valence-corrected chi connectivity index (χ0v) is 23.0. The van der Waals surface area contributed by atoms with Gasteiger partial charge >= 0.3 is 0 Å². The highest BCUT2D eigenvalue weighted by Crippen LogP contribution is 2.40. The summed E-state index contributed by atoms with van der Waals surface area (Å²) in [6.07, 6.45) is -0.934. The lowest BCUT2D eigenvalue weighted by Crippen LogP contribution is -2.38. The largest absolute Gasteiger partial charge is 0.504 e. The number of phenols is 2. The minimum atomic E-state index is -0.983. The first-order chi connectivity index (χ1) is 18.3. The smallest absolute Gasteiger partial charge is 0.200 e. The van der Waals surface area contributed by atoms with Crippen LogP contribution in [-0.4, -0.2) is 82.5 Å². The topological polar surface area (TPSA) is 158 Å². The lowest BCUT2D eigenvalue weighted by atomic mass is 9.86. The van der Waals surface area contributed by atoms with Crippen molar-refractivity contribution in [1.29, 1.82) is 0 Å². The highest BCUT2D eigenvalue weighted by Gasteiger charge is 2.31. The van der Waals surface area contributed by atoms with Gasteiger partial charge in [0.15, 0.2) is 29.8 Å². The van der Waals surface area contributed by atoms with E-state index in [4.69, 9.17) is 18.9 Å². The molecule has 12 heteroatoms. The van der Waals surface area contributed by atoms with Crippen LogP contribution in [0.3, 0.4) is 0 Å². The summed E-state index contributed by atoms with van der Waals surface area (Å²) in [6.45, 7) is -1.16. The molecule has 1 aliphatic rings. The molecule has 0 aromatic heterocycles. The number of aliphatic hydroxyl groups excluding tert-OH is 4. The number of hydrogen-bond acceptors (Lipinski definition) is 12. The van der Waals surface area contributed by atoms with Crippen LogP contribution in [-0.2, 0) is 23.3 Å². The van der Waals surface area contributed by atoms with Crippen molar-refractivity contribution in [3.63, 3.8) is 0 Å². The number of fused-ring (bicyclic) bond motifs is 1. The van der Waals surface area contributed by atoms with Crippen LogP contribution in [0.25, 0.3) is 0 Å². The predicted molar refractivity (Wildman–Crippen MR) is 145 cm³/mol. The number of benzene rings is 2. The molecular formula is C26H36O10S2. The first-order valence-corrected chi connectivity index (χ1v) is 14.6. The molecule has 0 radical (unpaired) electrons. The number of aromatic hydroxyl groups is 2. The van der Waals surface area contributed by atoms with E-state index in [1.165, 1.54) is 41.9 Å². The van der Waals surface area contributed by atoms with Gasteiger partial charge in [0.05, 0.1) is 32.5 Å². The maximum Gasteiger partial charge on any atom is 0.200 e. The molecule has 1 aliphatic heterocycles. The molecule has 0 spiro atoms. The summed E-state index contributed by atoms with van der Waals surface area (Å²) in [5, 5.41) is 61.6. The van der Waals surface area contributed by atoms with Crippen molar-refractivity contribution in [2.45, 2.75) is 49.7 Å². The van der Waals surface area contributed by atoms with Gasteiger partial charge in [-0.05, 0) is 66.6 Å². The van der Waals surface area contributed by atoms with E-state index in [0.29, 0.717) is 35.7 Å². The van der Waals surface area contributed by atoms with Crippen molar-refractivity contribution in [2.24, 2.45) is 5.92 Å². The first kappa shape index (κ1) is 30.5. The van der Waals surface area contributed by atoms with Crippen LogP contribution in [0.4, 0.5) is 0 Å². The van der Waals surface area contributed by atoms with Gasteiger partial charge < -0.3 is 49.6 Å². The zero-order valence-electron chi connectivity index (χ0n) is 21.4. The van der Waals surface area contributed by atoms with Gasteiger partial charge in [-0.15, -0.1) is 0 Å². The summed E-state index contributed by atoms with van der Waals surface area (Å²) in [4.78, 5) is 0. The third-order valence-corrected chi connectivity index (χ3v) is 8.92. The maximum atomic E-state index is 11.3. The van der Waals surface area contributed by atoms with E-state index >= 15 is 0 Å². The van der Waals surface area contributed by atoms with Crippen molar-refractivity contribution < 1.29 is 49.6 Å². The Hall–Kier alpha value is -2.06. The second kappa shape index (κ2) is 14.9. The molecule has 3 rings (SSSR count). The van der Waals surface area contributed by atoms with Crippen molar-refractivity contribution in [3.8, 4) is 28.7 Å². The van der Waals surface area contributed by atoms with E-state index in [2.05, 4.69) is 0 Å². The molecule has 4 atom stereocenters. The molecule has 38 heavy (non-hydrogen) atoms. The van der Waals surface area contributed by atoms with Gasteiger partial charge in [0.1, 0.15) is 6.79 Å². The molecule has 212 valence electrons. The monoisotopic (exact) mass is 572 g/mol. The molecule has 2 aromatic rings. The number of phenolic OH excluding ortho intramolecular Hbond substituents is 2. The third-order valence-electron chi connectivity index (χ3n) is 6.59. The van der Waals surface area contributed by atoms with Crippen molar-refractivity contribution in [3.05, 3.63) is 41.0 Å². The number of hydrogen-bond donors (Lipinski definition) is 6. The van der Waals surface area contributed by atoms with Crippen molar-refractivity contribution in [2.75, 3.05) is 33.6 Å². The Kier molecular flexibility index (Phi) is 12.0. The van der Waals surface area contributed by atoms with Gasteiger partial charge in [-0.25, -0.2) is 0 Å². The maximum absolute atomic E-state index is 11.3. The fourth-order valence-corrected chi connectivity index (χ4v) is 6.86. The summed E-state index contributed by atoms with van der Waals surface area (Å²) < 4.78 is 21.2. The van der Waals surface area contributed by atoms with Crippen LogP contribution in [0.15, 0.2) is 24.3 Å². The molecule has 0 saturated heterocycles. The van der Waals surface area contributed by atoms with Crippen LogP contribution in [0.1, 0.15) is 29.5 Å². The SMILES string of the molecule is COc1cc2c(cc1O)CSSC[C@H](O)[C@H](Cc1cc(OC)c(O)c(OCO)c1)[C@H](O)C[C@@H](OCO)CC2. The molecule has 0 unspecified atom stereocenters. The van der Waals surface area contributed by atoms with Gasteiger partial charge in [0.2, 0.25) is 5.75 Å². The minimum absolute atomic E-state index is 0.0262. The van der Waals surface area contributed by atoms with Crippen LogP contribution < -0.4 is 14.2 Å². The van der Waals surface area contributed by atoms with Crippen molar-refractivity contribution in [1.82, 2.24) is 0 Å². The van der Waals surface area contributed by atoms with E-state index in [-0.39, 0.29) is 35.8 Å². The number of methoxy groups -OCH3 is 2. The fraction of sp³-hybridized carbons (Fsp3) is 0.538. The lowest BCUT2D eigenvalue weighted by molar-refractivity contribution is -0.0808. The summed E-state index contributed by atoms with van der Waals surface area (Å²) in [5.41, 5.74) is 2.53. The van der Waals surface area contributed by atoms with Gasteiger partial charge in [-0.2, -0.15) is 0 Å². The number of rotatable bonds is 8. The number of aryl methyl sites for hydroxylation is 1. The Bertz CT molecular complexity index is 1040. The van der Waals surface area contributed by atoms with Gasteiger partial charge in [0, 0.05) is 17.4 Å². The van der Waals surface area contributed by atoms with Crippen LogP contribution in [0, 0.1) is 5.92 Å². The third kappa shape index (κ3) is 7.98. The molecule has 0 aliphatic carbocycles. The molecule has 0 saturated carbocycles. The van der Waals surface area contributed by atoms with Gasteiger partial charge in [-0.1, -0.05) is 21.6 Å². The summed E-state index contributed by atoms with van der Waals surface area (Å²) in [7, 11) is 5.87. The minimum Gasteiger partial charge on any atom is -0.504 e. The Labute approximate surface area is 229 Å². The summed E-state index contributed by atoms with van der Waals surface area (Å²) in [5.74, 6) is 0.623. The number of ether oxygens (including phenoxy) is 4. The average Bonchev–Trinajstić information content (AvgIpc) is 2.90. The molecule has 10 nitrogen and oxygen atoms in total. The quantitative estimate of drug-likeness (QED) is 0.203. The zero-order chi connectivity index (χ0) is 27.7. The Morgan fingerprint density at radius 2 is 1.61 bits per heavy atom. The average molecular weight is 573 g/mol. The molecule has 2 aromatic carbocycles. The standard InChI is InChI=1S/C26H36O10S2/c1-33-23-9-16-3-4-18(35-13-27)10-20(29)19(22(31)12-38-37-11-17(16)8-21(23)30)5-15-6-24(34-2)26(32)25(7-15)36-14-28/h6-9,18-20,22,27-32H,3-5,10-14H2,1-2H3/t18-,19+,20+,22-/m0/s1. The lowest BCUT2D eigenvalue weighted by Gasteiger charge is -2.30. The fourth-order valence-electron chi connectivity index (χ4n) is 4.56. The highest BCUT2D eigenvalue weighted by atomic mass is 33.1. The van der Waals surface area contributed by atoms with Gasteiger partial charge in [-0.3, -0.25) is 0 Å². The molecule has 0 bridgehead atoms. The predicted octanol–water partition coefficient (Wildman–Crippen LogP) is 2.58. The second-order valence-electron chi connectivity index (χ2n) is 8.95. The van der Waals surface area contributed by atoms with E-state index < -0.39 is 37.8 Å². The van der Waals surface area contributed by atoms with Crippen LogP contribution in [0.5, 0.6) is 28.7 Å². The van der Waals surface area contributed by atoms with Crippen LogP contribution >= 0.6 is 21.6 Å². The Balaban J connectivity index is 1.88. The Morgan fingerprint density at radius 1 is 0.868 bits per heavy atom. The number of aliphatic hydroxyl groups is 4. The summed E-state index contributed by atoms with van der Waals surface area (Å²) >= 11 is 0.